The zero-order valence-corrected chi connectivity index (χ0v) is 21.8. The van der Waals surface area contributed by atoms with Crippen molar-refractivity contribution in [2.45, 2.75) is 38.7 Å². The molecule has 6 nitrogen and oxygen atoms in total. The summed E-state index contributed by atoms with van der Waals surface area (Å²) in [6, 6.07) is 9.84. The molecule has 0 aliphatic rings. The molecule has 2 aromatic rings. The Bertz CT molecular complexity index is 808. The van der Waals surface area contributed by atoms with Gasteiger partial charge in [0.2, 0.25) is 0 Å². The highest BCUT2D eigenvalue weighted by Crippen LogP contribution is 2.33. The fourth-order valence-corrected chi connectivity index (χ4v) is 3.68. The Hall–Kier alpha value is -1.52. The van der Waals surface area contributed by atoms with Gasteiger partial charge >= 0.3 is 0 Å². The van der Waals surface area contributed by atoms with Gasteiger partial charge in [0.05, 0.1) is 27.3 Å². The van der Waals surface area contributed by atoms with Gasteiger partial charge in [0.25, 0.3) is 0 Å². The number of ether oxygens (including phenoxy) is 2. The molecule has 168 valence electrons. The maximum absolute atomic E-state index is 10.7. The molecule has 2 rings (SSSR count). The molecule has 1 aromatic carbocycles. The van der Waals surface area contributed by atoms with Crippen molar-refractivity contribution >= 4 is 41.3 Å². The van der Waals surface area contributed by atoms with Crippen molar-refractivity contribution in [1.82, 2.24) is 10.6 Å². The first-order chi connectivity index (χ1) is 13.7. The normalized spacial score (nSPS) is 13.8. The molecule has 0 saturated heterocycles. The van der Waals surface area contributed by atoms with E-state index >= 15 is 0 Å². The smallest absolute Gasteiger partial charge is 0.191 e. The number of thiophene rings is 1. The maximum atomic E-state index is 10.7. The molecule has 1 heterocycles. The molecular formula is C22H34IN3O3S. The van der Waals surface area contributed by atoms with E-state index in [1.54, 1.807) is 25.6 Å². The number of benzene rings is 1. The lowest BCUT2D eigenvalue weighted by Gasteiger charge is -2.26. The number of nitrogens with one attached hydrogen (secondary N) is 2. The fourth-order valence-electron chi connectivity index (χ4n) is 2.89. The lowest BCUT2D eigenvalue weighted by Crippen LogP contribution is -2.44. The molecule has 1 unspecified atom stereocenters. The Morgan fingerprint density at radius 2 is 1.80 bits per heavy atom. The Morgan fingerprint density at radius 1 is 1.10 bits per heavy atom. The van der Waals surface area contributed by atoms with Gasteiger partial charge in [-0.25, -0.2) is 0 Å². The van der Waals surface area contributed by atoms with Gasteiger partial charge in [0.1, 0.15) is 5.60 Å². The standard InChI is InChI=1S/C22H33N3O3S.HI/c1-7-23-20(25-15-22(4,26)19-9-8-12-29-19)24-14-21(2,3)16-10-11-17(27-5)18(13-16)28-6;/h8-13,26H,7,14-15H2,1-6H3,(H2,23,24,25);1H. The quantitative estimate of drug-likeness (QED) is 0.250. The second-order valence-corrected chi connectivity index (χ2v) is 8.70. The van der Waals surface area contributed by atoms with Crippen molar-refractivity contribution in [2.24, 2.45) is 4.99 Å². The van der Waals surface area contributed by atoms with Gasteiger partial charge in [0, 0.05) is 16.8 Å². The molecule has 0 aliphatic heterocycles. The number of hydrogen-bond donors (Lipinski definition) is 3. The number of halogens is 1. The number of aliphatic imine (C=N–C) groups is 1. The summed E-state index contributed by atoms with van der Waals surface area (Å²) < 4.78 is 10.8. The van der Waals surface area contributed by atoms with Crippen LogP contribution in [0.2, 0.25) is 0 Å². The summed E-state index contributed by atoms with van der Waals surface area (Å²) in [5, 5.41) is 19.2. The van der Waals surface area contributed by atoms with Crippen LogP contribution < -0.4 is 20.1 Å². The Morgan fingerprint density at radius 3 is 2.37 bits per heavy atom. The monoisotopic (exact) mass is 547 g/mol. The van der Waals surface area contributed by atoms with Gasteiger partial charge in [-0.1, -0.05) is 26.0 Å². The molecule has 0 saturated carbocycles. The van der Waals surface area contributed by atoms with E-state index in [1.807, 2.05) is 49.6 Å². The minimum absolute atomic E-state index is 0. The SMILES string of the molecule is CCNC(=NCC(C)(C)c1ccc(OC)c(OC)c1)NCC(C)(O)c1cccs1.I. The zero-order chi connectivity index (χ0) is 21.5. The van der Waals surface area contributed by atoms with Gasteiger partial charge in [0.15, 0.2) is 17.5 Å². The first-order valence-corrected chi connectivity index (χ1v) is 10.6. The second-order valence-electron chi connectivity index (χ2n) is 7.75. The van der Waals surface area contributed by atoms with Crippen LogP contribution in [0, 0.1) is 0 Å². The van der Waals surface area contributed by atoms with Crippen LogP contribution in [-0.2, 0) is 11.0 Å². The summed E-state index contributed by atoms with van der Waals surface area (Å²) in [7, 11) is 3.27. The third kappa shape index (κ3) is 7.02. The summed E-state index contributed by atoms with van der Waals surface area (Å²) in [5.41, 5.74) is -0.0539. The summed E-state index contributed by atoms with van der Waals surface area (Å²) in [4.78, 5) is 5.68. The molecule has 0 radical (unpaired) electrons. The second kappa shape index (κ2) is 11.8. The summed E-state index contributed by atoms with van der Waals surface area (Å²) in [6.45, 7) is 9.79. The number of rotatable bonds is 9. The van der Waals surface area contributed by atoms with Crippen LogP contribution in [0.1, 0.15) is 38.1 Å². The first kappa shape index (κ1) is 26.5. The third-order valence-corrected chi connectivity index (χ3v) is 5.92. The summed E-state index contributed by atoms with van der Waals surface area (Å²) in [5.74, 6) is 2.10. The number of hydrogen-bond acceptors (Lipinski definition) is 5. The Balaban J connectivity index is 0.00000450. The van der Waals surface area contributed by atoms with E-state index in [-0.39, 0.29) is 29.4 Å². The number of methoxy groups -OCH3 is 2. The van der Waals surface area contributed by atoms with Crippen molar-refractivity contribution < 1.29 is 14.6 Å². The highest BCUT2D eigenvalue weighted by molar-refractivity contribution is 14.0. The molecule has 1 aromatic heterocycles. The Labute approximate surface area is 201 Å². The van der Waals surface area contributed by atoms with E-state index in [1.165, 1.54) is 0 Å². The number of guanidine groups is 1. The first-order valence-electron chi connectivity index (χ1n) is 9.74. The van der Waals surface area contributed by atoms with Crippen molar-refractivity contribution in [3.8, 4) is 11.5 Å². The highest BCUT2D eigenvalue weighted by Gasteiger charge is 2.25. The summed E-state index contributed by atoms with van der Waals surface area (Å²) in [6.07, 6.45) is 0. The van der Waals surface area contributed by atoms with Gasteiger partial charge in [-0.3, -0.25) is 4.99 Å². The number of nitrogens with zero attached hydrogens (tertiary/aromatic N) is 1. The molecule has 30 heavy (non-hydrogen) atoms. The van der Waals surface area contributed by atoms with E-state index in [4.69, 9.17) is 14.5 Å². The van der Waals surface area contributed by atoms with Crippen LogP contribution in [0.25, 0.3) is 0 Å². The average molecular weight is 548 g/mol. The largest absolute Gasteiger partial charge is 0.493 e. The molecule has 0 aliphatic carbocycles. The maximum Gasteiger partial charge on any atom is 0.191 e. The van der Waals surface area contributed by atoms with E-state index < -0.39 is 5.60 Å². The third-order valence-electron chi connectivity index (χ3n) is 4.79. The van der Waals surface area contributed by atoms with E-state index in [2.05, 4.69) is 24.5 Å². The van der Waals surface area contributed by atoms with Crippen molar-refractivity contribution in [3.05, 3.63) is 46.2 Å². The molecule has 0 bridgehead atoms. The van der Waals surface area contributed by atoms with Gasteiger partial charge in [-0.2, -0.15) is 0 Å². The lowest BCUT2D eigenvalue weighted by atomic mass is 9.84. The fraction of sp³-hybridized carbons (Fsp3) is 0.500. The summed E-state index contributed by atoms with van der Waals surface area (Å²) >= 11 is 1.54. The predicted molar refractivity (Wildman–Crippen MR) is 136 cm³/mol. The van der Waals surface area contributed by atoms with Gasteiger partial charge in [-0.05, 0) is 43.0 Å². The van der Waals surface area contributed by atoms with Crippen molar-refractivity contribution in [1.29, 1.82) is 0 Å². The lowest BCUT2D eigenvalue weighted by molar-refractivity contribution is 0.0655. The van der Waals surface area contributed by atoms with Crippen LogP contribution in [-0.4, -0.2) is 44.9 Å². The molecule has 0 amide bonds. The molecule has 0 spiro atoms. The van der Waals surface area contributed by atoms with E-state index in [0.717, 1.165) is 17.0 Å². The van der Waals surface area contributed by atoms with Crippen molar-refractivity contribution in [3.63, 3.8) is 0 Å². The topological polar surface area (TPSA) is 75.1 Å². The van der Waals surface area contributed by atoms with E-state index in [0.29, 0.717) is 30.5 Å². The van der Waals surface area contributed by atoms with Crippen LogP contribution in [0.3, 0.4) is 0 Å². The van der Waals surface area contributed by atoms with Gasteiger partial charge < -0.3 is 25.2 Å². The molecule has 3 N–H and O–H groups in total. The van der Waals surface area contributed by atoms with Crippen LogP contribution >= 0.6 is 35.3 Å². The van der Waals surface area contributed by atoms with Crippen molar-refractivity contribution in [2.75, 3.05) is 33.9 Å². The highest BCUT2D eigenvalue weighted by atomic mass is 127. The van der Waals surface area contributed by atoms with Gasteiger partial charge in [-0.15, -0.1) is 35.3 Å². The van der Waals surface area contributed by atoms with E-state index in [9.17, 15) is 5.11 Å². The molecule has 0 fully saturated rings. The number of aliphatic hydroxyl groups is 1. The Kier molecular flexibility index (Phi) is 10.4. The predicted octanol–water partition coefficient (Wildman–Crippen LogP) is 4.12. The molecule has 1 atom stereocenters. The molecular weight excluding hydrogens is 513 g/mol. The van der Waals surface area contributed by atoms with Crippen LogP contribution in [0.5, 0.6) is 11.5 Å². The molecule has 8 heteroatoms. The minimum atomic E-state index is -0.955. The van der Waals surface area contributed by atoms with Crippen LogP contribution in [0.4, 0.5) is 0 Å². The zero-order valence-electron chi connectivity index (χ0n) is 18.6. The average Bonchev–Trinajstić information content (AvgIpc) is 3.25. The van der Waals surface area contributed by atoms with Crippen LogP contribution in [0.15, 0.2) is 40.7 Å². The minimum Gasteiger partial charge on any atom is -0.493 e.